The SMILES string of the molecule is CCN.Cc1ccc(Oc2ccc(SC3(C(=O)NO)CCNCC3)cc2)cc1. The van der Waals surface area contributed by atoms with Gasteiger partial charge in [0.15, 0.2) is 0 Å². The molecule has 1 heterocycles. The van der Waals surface area contributed by atoms with Crippen LogP contribution in [0.5, 0.6) is 11.5 Å². The van der Waals surface area contributed by atoms with E-state index in [9.17, 15) is 4.79 Å². The second kappa shape index (κ2) is 11.1. The summed E-state index contributed by atoms with van der Waals surface area (Å²) in [4.78, 5) is 13.2. The van der Waals surface area contributed by atoms with Gasteiger partial charge in [0.25, 0.3) is 5.91 Å². The van der Waals surface area contributed by atoms with E-state index in [2.05, 4.69) is 5.32 Å². The fourth-order valence-electron chi connectivity index (χ4n) is 2.85. The second-order valence-electron chi connectivity index (χ2n) is 6.58. The van der Waals surface area contributed by atoms with Gasteiger partial charge in [-0.1, -0.05) is 24.6 Å². The lowest BCUT2D eigenvalue weighted by Crippen LogP contribution is -2.49. The fraction of sp³-hybridized carbons (Fsp3) is 0.381. The number of benzene rings is 2. The predicted molar refractivity (Wildman–Crippen MR) is 113 cm³/mol. The Labute approximate surface area is 170 Å². The molecule has 2 aromatic rings. The first kappa shape index (κ1) is 22.2. The van der Waals surface area contributed by atoms with E-state index in [0.29, 0.717) is 12.8 Å². The summed E-state index contributed by atoms with van der Waals surface area (Å²) < 4.78 is 5.19. The van der Waals surface area contributed by atoms with Gasteiger partial charge < -0.3 is 15.8 Å². The molecule has 0 saturated carbocycles. The molecule has 7 heteroatoms. The van der Waals surface area contributed by atoms with Crippen LogP contribution in [0.25, 0.3) is 0 Å². The molecular formula is C21H29N3O3S. The Morgan fingerprint density at radius 2 is 1.64 bits per heavy atom. The highest BCUT2D eigenvalue weighted by Gasteiger charge is 2.40. The number of aryl methyl sites for hydroxylation is 1. The minimum atomic E-state index is -0.640. The average Bonchev–Trinajstić information content (AvgIpc) is 2.72. The largest absolute Gasteiger partial charge is 0.457 e. The van der Waals surface area contributed by atoms with Crippen molar-refractivity contribution < 1.29 is 14.7 Å². The standard InChI is InChI=1S/C19H22N2O3S.C2H7N/c1-14-2-4-15(5-3-14)24-16-6-8-17(9-7-16)25-19(18(22)21-23)10-12-20-13-11-19;1-2-3/h2-9,20,23H,10-13H2,1H3,(H,21,22);2-3H2,1H3. The van der Waals surface area contributed by atoms with Gasteiger partial charge >= 0.3 is 0 Å². The van der Waals surface area contributed by atoms with Gasteiger partial charge in [0.2, 0.25) is 0 Å². The van der Waals surface area contributed by atoms with E-state index in [1.165, 1.54) is 17.3 Å². The molecule has 0 spiro atoms. The van der Waals surface area contributed by atoms with E-state index in [0.717, 1.165) is 36.0 Å². The normalized spacial score (nSPS) is 15.1. The van der Waals surface area contributed by atoms with Crippen LogP contribution in [0.1, 0.15) is 25.3 Å². The Morgan fingerprint density at radius 1 is 1.14 bits per heavy atom. The summed E-state index contributed by atoms with van der Waals surface area (Å²) in [7, 11) is 0. The van der Waals surface area contributed by atoms with Gasteiger partial charge in [-0.3, -0.25) is 10.0 Å². The van der Waals surface area contributed by atoms with Gasteiger partial charge in [-0.15, -0.1) is 11.8 Å². The molecule has 1 aliphatic rings. The minimum absolute atomic E-state index is 0.334. The molecule has 28 heavy (non-hydrogen) atoms. The van der Waals surface area contributed by atoms with E-state index in [1.54, 1.807) is 0 Å². The summed E-state index contributed by atoms with van der Waals surface area (Å²) in [6.45, 7) is 6.21. The van der Waals surface area contributed by atoms with E-state index in [1.807, 2.05) is 67.9 Å². The van der Waals surface area contributed by atoms with Crippen LogP contribution >= 0.6 is 11.8 Å². The van der Waals surface area contributed by atoms with Crippen LogP contribution in [0.15, 0.2) is 53.4 Å². The number of hydrogen-bond acceptors (Lipinski definition) is 6. The number of carbonyl (C=O) groups excluding carboxylic acids is 1. The first-order chi connectivity index (χ1) is 13.5. The van der Waals surface area contributed by atoms with Crippen molar-refractivity contribution in [3.63, 3.8) is 0 Å². The molecule has 2 aromatic carbocycles. The maximum atomic E-state index is 12.2. The highest BCUT2D eigenvalue weighted by atomic mass is 32.2. The summed E-state index contributed by atoms with van der Waals surface area (Å²) in [6, 6.07) is 15.6. The van der Waals surface area contributed by atoms with Crippen LogP contribution in [0.4, 0.5) is 0 Å². The first-order valence-electron chi connectivity index (χ1n) is 9.42. The summed E-state index contributed by atoms with van der Waals surface area (Å²) in [5, 5.41) is 12.4. The van der Waals surface area contributed by atoms with Gasteiger partial charge in [0.1, 0.15) is 16.2 Å². The molecule has 3 rings (SSSR count). The molecule has 1 fully saturated rings. The number of nitrogens with one attached hydrogen (secondary N) is 2. The number of amides is 1. The van der Waals surface area contributed by atoms with Crippen molar-refractivity contribution in [3.8, 4) is 11.5 Å². The van der Waals surface area contributed by atoms with Crippen LogP contribution in [0.3, 0.4) is 0 Å². The predicted octanol–water partition coefficient (Wildman–Crippen LogP) is 3.47. The third-order valence-corrected chi connectivity index (χ3v) is 5.81. The fourth-order valence-corrected chi connectivity index (χ4v) is 4.12. The zero-order valence-corrected chi connectivity index (χ0v) is 17.2. The lowest BCUT2D eigenvalue weighted by molar-refractivity contribution is -0.132. The molecule has 152 valence electrons. The Hall–Kier alpha value is -2.06. The van der Waals surface area contributed by atoms with Crippen LogP contribution in [-0.2, 0) is 4.79 Å². The summed E-state index contributed by atoms with van der Waals surface area (Å²) in [5.74, 6) is 1.21. The maximum Gasteiger partial charge on any atom is 0.260 e. The number of hydrogen-bond donors (Lipinski definition) is 4. The molecule has 0 aromatic heterocycles. The summed E-state index contributed by atoms with van der Waals surface area (Å²) >= 11 is 1.49. The smallest absolute Gasteiger partial charge is 0.260 e. The van der Waals surface area contributed by atoms with Crippen LogP contribution in [0.2, 0.25) is 0 Å². The average molecular weight is 404 g/mol. The molecular weight excluding hydrogens is 374 g/mol. The van der Waals surface area contributed by atoms with E-state index in [-0.39, 0.29) is 5.91 Å². The Balaban J connectivity index is 0.000000878. The molecule has 1 aliphatic heterocycles. The van der Waals surface area contributed by atoms with Crippen molar-refractivity contribution in [2.24, 2.45) is 5.73 Å². The number of rotatable bonds is 5. The third kappa shape index (κ3) is 6.24. The Bertz CT molecular complexity index is 730. The van der Waals surface area contributed by atoms with Crippen molar-refractivity contribution in [2.45, 2.75) is 36.3 Å². The second-order valence-corrected chi connectivity index (χ2v) is 8.04. The number of hydroxylamine groups is 1. The van der Waals surface area contributed by atoms with Gasteiger partial charge in [-0.25, -0.2) is 5.48 Å². The molecule has 1 amide bonds. The Kier molecular flexibility index (Phi) is 8.79. The molecule has 0 atom stereocenters. The lowest BCUT2D eigenvalue weighted by atomic mass is 9.96. The van der Waals surface area contributed by atoms with Crippen LogP contribution in [-0.4, -0.2) is 35.5 Å². The molecule has 0 unspecified atom stereocenters. The zero-order chi connectivity index (χ0) is 20.4. The van der Waals surface area contributed by atoms with Crippen molar-refractivity contribution in [1.82, 2.24) is 10.8 Å². The van der Waals surface area contributed by atoms with E-state index >= 15 is 0 Å². The maximum absolute atomic E-state index is 12.2. The monoisotopic (exact) mass is 403 g/mol. The topological polar surface area (TPSA) is 96.6 Å². The number of piperidine rings is 1. The van der Waals surface area contributed by atoms with Crippen LogP contribution in [0, 0.1) is 6.92 Å². The number of ether oxygens (including phenoxy) is 1. The van der Waals surface area contributed by atoms with Crippen LogP contribution < -0.4 is 21.3 Å². The molecule has 5 N–H and O–H groups in total. The third-order valence-electron chi connectivity index (χ3n) is 4.32. The zero-order valence-electron chi connectivity index (χ0n) is 16.4. The van der Waals surface area contributed by atoms with Crippen molar-refractivity contribution in [2.75, 3.05) is 19.6 Å². The molecule has 1 saturated heterocycles. The molecule has 0 radical (unpaired) electrons. The quantitative estimate of drug-likeness (QED) is 0.451. The van der Waals surface area contributed by atoms with Gasteiger partial charge in [0.05, 0.1) is 0 Å². The van der Waals surface area contributed by atoms with Crippen molar-refractivity contribution in [3.05, 3.63) is 54.1 Å². The minimum Gasteiger partial charge on any atom is -0.457 e. The summed E-state index contributed by atoms with van der Waals surface area (Å²) in [5.41, 5.74) is 7.87. The lowest BCUT2D eigenvalue weighted by Gasteiger charge is -2.34. The van der Waals surface area contributed by atoms with Gasteiger partial charge in [-0.05, 0) is 75.8 Å². The number of carbonyl (C=O) groups is 1. The van der Waals surface area contributed by atoms with Crippen molar-refractivity contribution >= 4 is 17.7 Å². The highest BCUT2D eigenvalue weighted by molar-refractivity contribution is 8.01. The Morgan fingerprint density at radius 3 is 2.14 bits per heavy atom. The van der Waals surface area contributed by atoms with Gasteiger partial charge in [0, 0.05) is 4.90 Å². The van der Waals surface area contributed by atoms with Crippen molar-refractivity contribution in [1.29, 1.82) is 0 Å². The summed E-state index contributed by atoms with van der Waals surface area (Å²) in [6.07, 6.45) is 1.34. The number of nitrogens with two attached hydrogens (primary N) is 1. The van der Waals surface area contributed by atoms with Gasteiger partial charge in [-0.2, -0.15) is 0 Å². The number of thioether (sulfide) groups is 1. The molecule has 0 bridgehead atoms. The van der Waals surface area contributed by atoms with E-state index in [4.69, 9.17) is 15.7 Å². The highest BCUT2D eigenvalue weighted by Crippen LogP contribution is 2.40. The molecule has 0 aliphatic carbocycles. The van der Waals surface area contributed by atoms with E-state index < -0.39 is 4.75 Å². The molecule has 6 nitrogen and oxygen atoms in total. The first-order valence-corrected chi connectivity index (χ1v) is 10.2.